The molecule has 2 saturated carbocycles. The van der Waals surface area contributed by atoms with Crippen molar-refractivity contribution >= 4 is 32.8 Å². The van der Waals surface area contributed by atoms with Gasteiger partial charge in [0.1, 0.15) is 5.60 Å². The molecule has 41 heavy (non-hydrogen) atoms. The van der Waals surface area contributed by atoms with Crippen molar-refractivity contribution in [2.45, 2.75) is 75.8 Å². The van der Waals surface area contributed by atoms with Gasteiger partial charge >= 0.3 is 6.09 Å². The third-order valence-corrected chi connectivity index (χ3v) is 9.59. The highest BCUT2D eigenvalue weighted by Crippen LogP contribution is 2.47. The van der Waals surface area contributed by atoms with Crippen molar-refractivity contribution in [1.29, 1.82) is 0 Å². The number of hydrogen-bond acceptors (Lipinski definition) is 7. The van der Waals surface area contributed by atoms with Crippen LogP contribution in [0.1, 0.15) is 69.7 Å². The number of aromatic nitrogens is 2. The second-order valence-corrected chi connectivity index (χ2v) is 14.4. The highest BCUT2D eigenvalue weighted by molar-refractivity contribution is 7.86. The Labute approximate surface area is 242 Å². The summed E-state index contributed by atoms with van der Waals surface area (Å²) in [6.45, 7) is 10.4. The normalized spacial score (nSPS) is 21.7. The van der Waals surface area contributed by atoms with Crippen LogP contribution >= 0.6 is 0 Å². The standard InChI is InChI=1S/C31H40N4O5S/c1-21-8-12-25(13-9-21)41(37,38)39-20-22-18-24(19-22)35-29-26(28(32-35)23-10-11-23)6-5-7-27(29)33-14-16-34(17-15-33)30(36)40-31(2,3)4/h5-9,12-13,22-24H,10-11,14-20H2,1-4H3. The molecule has 0 radical (unpaired) electrons. The van der Waals surface area contributed by atoms with Gasteiger partial charge in [-0.05, 0) is 77.5 Å². The molecule has 1 amide bonds. The third kappa shape index (κ3) is 5.95. The Balaban J connectivity index is 1.16. The molecule has 1 aromatic heterocycles. The summed E-state index contributed by atoms with van der Waals surface area (Å²) in [5, 5.41) is 6.37. The van der Waals surface area contributed by atoms with E-state index in [1.807, 2.05) is 27.7 Å². The summed E-state index contributed by atoms with van der Waals surface area (Å²) in [4.78, 5) is 16.9. The molecule has 3 aromatic rings. The van der Waals surface area contributed by atoms with Gasteiger partial charge in [-0.2, -0.15) is 13.5 Å². The molecule has 0 bridgehead atoms. The Kier molecular flexibility index (Phi) is 7.26. The van der Waals surface area contributed by atoms with Crippen LogP contribution in [-0.4, -0.2) is 67.6 Å². The molecule has 3 aliphatic rings. The number of amides is 1. The van der Waals surface area contributed by atoms with Crippen LogP contribution in [0.2, 0.25) is 0 Å². The smallest absolute Gasteiger partial charge is 0.410 e. The number of fused-ring (bicyclic) bond motifs is 1. The van der Waals surface area contributed by atoms with E-state index in [-0.39, 0.29) is 29.6 Å². The maximum absolute atomic E-state index is 12.7. The second kappa shape index (κ2) is 10.6. The molecule has 2 aromatic carbocycles. The van der Waals surface area contributed by atoms with Gasteiger partial charge in [-0.15, -0.1) is 0 Å². The second-order valence-electron chi connectivity index (χ2n) is 12.8. The largest absolute Gasteiger partial charge is 0.444 e. The average Bonchev–Trinajstić information content (AvgIpc) is 3.68. The molecule has 10 heteroatoms. The number of benzene rings is 2. The summed E-state index contributed by atoms with van der Waals surface area (Å²) in [7, 11) is -3.77. The van der Waals surface area contributed by atoms with Crippen molar-refractivity contribution in [2.24, 2.45) is 5.92 Å². The van der Waals surface area contributed by atoms with Gasteiger partial charge < -0.3 is 14.5 Å². The zero-order valence-corrected chi connectivity index (χ0v) is 25.2. The molecular weight excluding hydrogens is 540 g/mol. The van der Waals surface area contributed by atoms with Gasteiger partial charge in [-0.3, -0.25) is 8.86 Å². The van der Waals surface area contributed by atoms with Crippen molar-refractivity contribution in [3.05, 3.63) is 53.7 Å². The Hall–Kier alpha value is -3.11. The first-order chi connectivity index (χ1) is 19.5. The van der Waals surface area contributed by atoms with Gasteiger partial charge in [0.15, 0.2) is 0 Å². The molecule has 0 spiro atoms. The number of ether oxygens (including phenoxy) is 1. The molecule has 1 aliphatic heterocycles. The van der Waals surface area contributed by atoms with Crippen LogP contribution in [0.25, 0.3) is 10.9 Å². The fraction of sp³-hybridized carbons (Fsp3) is 0.548. The molecule has 0 atom stereocenters. The number of nitrogens with zero attached hydrogens (tertiary/aromatic N) is 4. The summed E-state index contributed by atoms with van der Waals surface area (Å²) in [6, 6.07) is 13.4. The van der Waals surface area contributed by atoms with E-state index in [9.17, 15) is 13.2 Å². The quantitative estimate of drug-likeness (QED) is 0.334. The van der Waals surface area contributed by atoms with E-state index in [0.29, 0.717) is 19.0 Å². The van der Waals surface area contributed by atoms with Gasteiger partial charge in [0.05, 0.1) is 34.4 Å². The first-order valence-corrected chi connectivity index (χ1v) is 16.1. The number of anilines is 1. The summed E-state index contributed by atoms with van der Waals surface area (Å²) in [5.74, 6) is 0.672. The highest BCUT2D eigenvalue weighted by Gasteiger charge is 2.37. The fourth-order valence-electron chi connectivity index (χ4n) is 5.83. The summed E-state index contributed by atoms with van der Waals surface area (Å²) in [5.41, 5.74) is 3.97. The zero-order chi connectivity index (χ0) is 28.9. The van der Waals surface area contributed by atoms with E-state index in [1.54, 1.807) is 29.2 Å². The van der Waals surface area contributed by atoms with Crippen molar-refractivity contribution in [3.8, 4) is 0 Å². The summed E-state index contributed by atoms with van der Waals surface area (Å²) < 4.78 is 38.6. The van der Waals surface area contributed by atoms with Gasteiger partial charge in [0.2, 0.25) is 0 Å². The first-order valence-electron chi connectivity index (χ1n) is 14.7. The van der Waals surface area contributed by atoms with Gasteiger partial charge in [-0.25, -0.2) is 4.79 Å². The van der Waals surface area contributed by atoms with Crippen LogP contribution in [-0.2, 0) is 19.0 Å². The summed E-state index contributed by atoms with van der Waals surface area (Å²) >= 11 is 0. The van der Waals surface area contributed by atoms with Crippen LogP contribution in [0, 0.1) is 12.8 Å². The number of rotatable bonds is 7. The Morgan fingerprint density at radius 1 is 1.00 bits per heavy atom. The van der Waals surface area contributed by atoms with Gasteiger partial charge in [-0.1, -0.05) is 29.8 Å². The Morgan fingerprint density at radius 3 is 2.32 bits per heavy atom. The van der Waals surface area contributed by atoms with E-state index >= 15 is 0 Å². The number of para-hydroxylation sites is 1. The lowest BCUT2D eigenvalue weighted by atomic mass is 9.81. The van der Waals surface area contributed by atoms with Crippen LogP contribution in [0.3, 0.4) is 0 Å². The molecule has 220 valence electrons. The molecule has 0 N–H and O–H groups in total. The van der Waals surface area contributed by atoms with E-state index in [4.69, 9.17) is 14.0 Å². The molecule has 2 aliphatic carbocycles. The van der Waals surface area contributed by atoms with E-state index in [2.05, 4.69) is 27.8 Å². The number of hydrogen-bond donors (Lipinski definition) is 0. The lowest BCUT2D eigenvalue weighted by Gasteiger charge is -2.38. The molecule has 6 rings (SSSR count). The van der Waals surface area contributed by atoms with Crippen LogP contribution < -0.4 is 4.90 Å². The third-order valence-electron chi connectivity index (χ3n) is 8.30. The van der Waals surface area contributed by atoms with Crippen molar-refractivity contribution < 1.29 is 22.1 Å². The zero-order valence-electron chi connectivity index (χ0n) is 24.4. The molecule has 3 fully saturated rings. The molecular formula is C31H40N4O5S. The minimum Gasteiger partial charge on any atom is -0.444 e. The van der Waals surface area contributed by atoms with E-state index in [0.717, 1.165) is 42.7 Å². The molecule has 1 saturated heterocycles. The fourth-order valence-corrected chi connectivity index (χ4v) is 6.81. The van der Waals surface area contributed by atoms with Crippen molar-refractivity contribution in [3.63, 3.8) is 0 Å². The Bertz CT molecular complexity index is 1520. The van der Waals surface area contributed by atoms with Crippen LogP contribution in [0.5, 0.6) is 0 Å². The van der Waals surface area contributed by atoms with Gasteiger partial charge in [0, 0.05) is 37.5 Å². The monoisotopic (exact) mass is 580 g/mol. The maximum Gasteiger partial charge on any atom is 0.410 e. The average molecular weight is 581 g/mol. The van der Waals surface area contributed by atoms with Crippen molar-refractivity contribution in [1.82, 2.24) is 14.7 Å². The number of aryl methyl sites for hydroxylation is 1. The minimum atomic E-state index is -3.77. The van der Waals surface area contributed by atoms with E-state index < -0.39 is 15.7 Å². The summed E-state index contributed by atoms with van der Waals surface area (Å²) in [6.07, 6.45) is 3.73. The lowest BCUT2D eigenvalue weighted by Crippen LogP contribution is -2.50. The Morgan fingerprint density at radius 2 is 1.68 bits per heavy atom. The number of carbonyl (C=O) groups excluding carboxylic acids is 1. The molecule has 2 heterocycles. The molecule has 9 nitrogen and oxygen atoms in total. The van der Waals surface area contributed by atoms with Crippen LogP contribution in [0.4, 0.5) is 10.5 Å². The minimum absolute atomic E-state index is 0.161. The topological polar surface area (TPSA) is 94.0 Å². The van der Waals surface area contributed by atoms with Crippen molar-refractivity contribution in [2.75, 3.05) is 37.7 Å². The van der Waals surface area contributed by atoms with Gasteiger partial charge in [0.25, 0.3) is 10.1 Å². The predicted octanol–water partition coefficient (Wildman–Crippen LogP) is 5.64. The van der Waals surface area contributed by atoms with Crippen LogP contribution in [0.15, 0.2) is 47.4 Å². The highest BCUT2D eigenvalue weighted by atomic mass is 32.2. The van der Waals surface area contributed by atoms with E-state index in [1.165, 1.54) is 23.9 Å². The first kappa shape index (κ1) is 28.0. The molecule has 0 unspecified atom stereocenters. The predicted molar refractivity (Wildman–Crippen MR) is 158 cm³/mol. The maximum atomic E-state index is 12.7. The lowest BCUT2D eigenvalue weighted by molar-refractivity contribution is 0.0240. The number of piperazine rings is 1. The SMILES string of the molecule is Cc1ccc(S(=O)(=O)OCC2CC(n3nc(C4CC4)c4cccc(N5CCN(C(=O)OC(C)(C)C)CC5)c43)C2)cc1. The number of carbonyl (C=O) groups is 1.